The number of nitrogens with zero attached hydrogens (tertiary/aromatic N) is 1. The summed E-state index contributed by atoms with van der Waals surface area (Å²) in [5.74, 6) is 0. The zero-order chi connectivity index (χ0) is 20.1. The van der Waals surface area contributed by atoms with Crippen LogP contribution in [-0.2, 0) is 4.74 Å². The third kappa shape index (κ3) is 5.52. The number of urea groups is 1. The molecule has 28 heavy (non-hydrogen) atoms. The van der Waals surface area contributed by atoms with Crippen molar-refractivity contribution in [1.82, 2.24) is 15.5 Å². The van der Waals surface area contributed by atoms with E-state index in [0.29, 0.717) is 26.3 Å². The van der Waals surface area contributed by atoms with E-state index in [9.17, 15) is 4.79 Å². The van der Waals surface area contributed by atoms with Gasteiger partial charge in [-0.15, -0.1) is 0 Å². The fourth-order valence-electron chi connectivity index (χ4n) is 2.80. The summed E-state index contributed by atoms with van der Waals surface area (Å²) in [6, 6.07) is 13.3. The number of nitrogens with one attached hydrogen (secondary N) is 3. The summed E-state index contributed by atoms with van der Waals surface area (Å²) in [7, 11) is 0. The van der Waals surface area contributed by atoms with Gasteiger partial charge in [0.2, 0.25) is 3.79 Å². The molecule has 0 spiro atoms. The molecule has 0 aromatic heterocycles. The number of amides is 2. The van der Waals surface area contributed by atoms with Gasteiger partial charge in [0, 0.05) is 24.2 Å². The van der Waals surface area contributed by atoms with Crippen LogP contribution in [0.5, 0.6) is 0 Å². The summed E-state index contributed by atoms with van der Waals surface area (Å²) >= 11 is 23.5. The van der Waals surface area contributed by atoms with Crippen LogP contribution in [0.4, 0.5) is 10.5 Å². The molecule has 10 heteroatoms. The highest BCUT2D eigenvalue weighted by Gasteiger charge is 2.36. The van der Waals surface area contributed by atoms with Gasteiger partial charge >= 0.3 is 6.03 Å². The van der Waals surface area contributed by atoms with Gasteiger partial charge in [-0.1, -0.05) is 71.2 Å². The predicted molar refractivity (Wildman–Crippen MR) is 118 cm³/mol. The molecule has 1 fully saturated rings. The maximum atomic E-state index is 12.4. The number of hydrogen-bond acceptors (Lipinski definition) is 3. The van der Waals surface area contributed by atoms with E-state index in [4.69, 9.17) is 51.8 Å². The molecule has 0 unspecified atom stereocenters. The molecule has 1 saturated heterocycles. The van der Waals surface area contributed by atoms with Crippen LogP contribution in [0.2, 0.25) is 0 Å². The van der Waals surface area contributed by atoms with Crippen molar-refractivity contribution in [1.29, 1.82) is 0 Å². The monoisotopic (exact) mass is 460 g/mol. The first-order valence-corrected chi connectivity index (χ1v) is 10.1. The molecular weight excluding hydrogens is 443 g/mol. The molecule has 0 radical (unpaired) electrons. The van der Waals surface area contributed by atoms with E-state index < -0.39 is 9.96 Å². The summed E-state index contributed by atoms with van der Waals surface area (Å²) < 4.78 is 3.43. The van der Waals surface area contributed by atoms with Crippen molar-refractivity contribution in [3.63, 3.8) is 0 Å². The zero-order valence-corrected chi connectivity index (χ0v) is 17.8. The van der Waals surface area contributed by atoms with E-state index in [0.717, 1.165) is 16.5 Å². The molecule has 3 N–H and O–H groups in total. The van der Waals surface area contributed by atoms with Crippen molar-refractivity contribution in [2.24, 2.45) is 0 Å². The van der Waals surface area contributed by atoms with Crippen molar-refractivity contribution in [2.75, 3.05) is 31.6 Å². The number of hydrogen-bond donors (Lipinski definition) is 3. The van der Waals surface area contributed by atoms with Gasteiger partial charge in [-0.05, 0) is 23.7 Å². The lowest BCUT2D eigenvalue weighted by Crippen LogP contribution is -2.59. The van der Waals surface area contributed by atoms with Gasteiger partial charge in [-0.3, -0.25) is 0 Å². The minimum absolute atomic E-state index is 0.218. The van der Waals surface area contributed by atoms with Crippen LogP contribution in [0, 0.1) is 0 Å². The average molecular weight is 462 g/mol. The Morgan fingerprint density at radius 3 is 2.46 bits per heavy atom. The van der Waals surface area contributed by atoms with Crippen LogP contribution >= 0.6 is 47.0 Å². The first-order valence-electron chi connectivity index (χ1n) is 8.60. The second-order valence-electron chi connectivity index (χ2n) is 6.15. The summed E-state index contributed by atoms with van der Waals surface area (Å²) in [5.41, 5.74) is 0.804. The molecule has 3 rings (SSSR count). The van der Waals surface area contributed by atoms with E-state index in [2.05, 4.69) is 16.0 Å². The van der Waals surface area contributed by atoms with Crippen molar-refractivity contribution in [3.8, 4) is 0 Å². The van der Waals surface area contributed by atoms with Crippen molar-refractivity contribution < 1.29 is 9.53 Å². The third-order valence-electron chi connectivity index (χ3n) is 4.21. The van der Waals surface area contributed by atoms with Crippen LogP contribution in [-0.4, -0.2) is 52.3 Å². The van der Waals surface area contributed by atoms with Crippen LogP contribution in [0.15, 0.2) is 42.5 Å². The molecule has 2 amide bonds. The molecule has 1 atom stereocenters. The minimum atomic E-state index is -1.81. The Bertz CT molecular complexity index is 851. The Kier molecular flexibility index (Phi) is 7.06. The highest BCUT2D eigenvalue weighted by atomic mass is 35.6. The fourth-order valence-corrected chi connectivity index (χ4v) is 3.36. The van der Waals surface area contributed by atoms with Crippen LogP contribution in [0.3, 0.4) is 0 Å². The first-order chi connectivity index (χ1) is 13.3. The number of rotatable bonds is 3. The Hall–Kier alpha value is -1.51. The molecule has 0 bridgehead atoms. The maximum absolute atomic E-state index is 12.4. The number of anilines is 1. The second kappa shape index (κ2) is 9.33. The van der Waals surface area contributed by atoms with Crippen LogP contribution in [0.25, 0.3) is 10.8 Å². The number of carbonyl (C=O) groups is 1. The van der Waals surface area contributed by atoms with Crippen LogP contribution in [0.1, 0.15) is 0 Å². The molecule has 2 aromatic carbocycles. The van der Waals surface area contributed by atoms with Crippen molar-refractivity contribution in [3.05, 3.63) is 42.5 Å². The molecule has 150 valence electrons. The van der Waals surface area contributed by atoms with Crippen molar-refractivity contribution in [2.45, 2.75) is 9.96 Å². The number of morpholine rings is 1. The number of ether oxygens (including phenoxy) is 1. The highest BCUT2D eigenvalue weighted by molar-refractivity contribution is 7.80. The summed E-state index contributed by atoms with van der Waals surface area (Å²) in [4.78, 5) is 14.0. The van der Waals surface area contributed by atoms with Gasteiger partial charge in [0.25, 0.3) is 0 Å². The quantitative estimate of drug-likeness (QED) is 0.368. The summed E-state index contributed by atoms with van der Waals surface area (Å²) in [6.45, 7) is 1.88. The standard InChI is InChI=1S/C18H19Cl3N4O2S/c19-18(20,21)15(24-17(26)25-8-10-27-11-9-25)23-16(28)22-14-7-3-5-12-4-1-2-6-13(12)14/h1-7,15H,8-11H2,(H,24,26)(H2,22,23,28)/t15-/m1/s1. The molecule has 1 aliphatic heterocycles. The van der Waals surface area contributed by atoms with E-state index in [1.165, 1.54) is 0 Å². The van der Waals surface area contributed by atoms with E-state index in [1.54, 1.807) is 4.90 Å². The van der Waals surface area contributed by atoms with Gasteiger partial charge in [-0.2, -0.15) is 0 Å². The SMILES string of the molecule is O=C(N[C@@H](NC(=S)Nc1cccc2ccccc12)C(Cl)(Cl)Cl)N1CCOCC1. The van der Waals surface area contributed by atoms with E-state index in [1.807, 2.05) is 42.5 Å². The molecule has 1 aliphatic rings. The van der Waals surface area contributed by atoms with Gasteiger partial charge < -0.3 is 25.6 Å². The molecular formula is C18H19Cl3N4O2S. The number of fused-ring (bicyclic) bond motifs is 1. The number of alkyl halides is 3. The smallest absolute Gasteiger partial charge is 0.319 e. The highest BCUT2D eigenvalue weighted by Crippen LogP contribution is 2.29. The minimum Gasteiger partial charge on any atom is -0.378 e. The lowest BCUT2D eigenvalue weighted by atomic mass is 10.1. The molecule has 6 nitrogen and oxygen atoms in total. The topological polar surface area (TPSA) is 65.6 Å². The number of carbonyl (C=O) groups excluding carboxylic acids is 1. The summed E-state index contributed by atoms with van der Waals surface area (Å²) in [5, 5.41) is 10.9. The Morgan fingerprint density at radius 2 is 1.75 bits per heavy atom. The van der Waals surface area contributed by atoms with Gasteiger partial charge in [0.1, 0.15) is 0 Å². The number of halogens is 3. The Morgan fingerprint density at radius 1 is 1.07 bits per heavy atom. The van der Waals surface area contributed by atoms with Gasteiger partial charge in [-0.25, -0.2) is 4.79 Å². The van der Waals surface area contributed by atoms with Crippen molar-refractivity contribution >= 4 is 74.6 Å². The lowest BCUT2D eigenvalue weighted by Gasteiger charge is -2.32. The van der Waals surface area contributed by atoms with Gasteiger partial charge in [0.05, 0.1) is 13.2 Å². The Balaban J connectivity index is 1.68. The molecule has 0 aliphatic carbocycles. The molecule has 2 aromatic rings. The third-order valence-corrected chi connectivity index (χ3v) is 5.08. The van der Waals surface area contributed by atoms with Gasteiger partial charge in [0.15, 0.2) is 11.3 Å². The predicted octanol–water partition coefficient (Wildman–Crippen LogP) is 3.86. The number of benzene rings is 2. The lowest BCUT2D eigenvalue weighted by molar-refractivity contribution is 0.0524. The maximum Gasteiger partial charge on any atom is 0.319 e. The first kappa shape index (κ1) is 21.2. The average Bonchev–Trinajstić information content (AvgIpc) is 2.67. The molecule has 1 heterocycles. The van der Waals surface area contributed by atoms with E-state index >= 15 is 0 Å². The fraction of sp³-hybridized carbons (Fsp3) is 0.333. The normalized spacial score (nSPS) is 15.8. The molecule has 0 saturated carbocycles. The number of thiocarbonyl (C=S) groups is 1. The summed E-state index contributed by atoms with van der Waals surface area (Å²) in [6.07, 6.45) is -1.03. The zero-order valence-electron chi connectivity index (χ0n) is 14.8. The largest absolute Gasteiger partial charge is 0.378 e. The second-order valence-corrected chi connectivity index (χ2v) is 8.93. The van der Waals surface area contributed by atoms with E-state index in [-0.39, 0.29) is 11.1 Å². The van der Waals surface area contributed by atoms with Crippen LogP contribution < -0.4 is 16.0 Å². The Labute approximate surface area is 183 Å².